The first-order chi connectivity index (χ1) is 9.75. The lowest BCUT2D eigenvalue weighted by atomic mass is 10.2. The van der Waals surface area contributed by atoms with E-state index in [0.29, 0.717) is 17.1 Å². The third-order valence-electron chi connectivity index (χ3n) is 3.62. The van der Waals surface area contributed by atoms with E-state index in [1.165, 1.54) is 24.2 Å². The molecular formula is C14H18N4OS. The van der Waals surface area contributed by atoms with Crippen LogP contribution in [0.3, 0.4) is 0 Å². The highest BCUT2D eigenvalue weighted by Gasteiger charge is 2.17. The van der Waals surface area contributed by atoms with Gasteiger partial charge in [0, 0.05) is 24.7 Å². The van der Waals surface area contributed by atoms with E-state index in [9.17, 15) is 4.79 Å². The lowest BCUT2D eigenvalue weighted by Gasteiger charge is -2.14. The SMILES string of the molecule is Nc1c(C(=O)NCCN2CCCC2)sc2ncccc12. The highest BCUT2D eigenvalue weighted by atomic mass is 32.1. The number of likely N-dealkylation sites (tertiary alicyclic amines) is 1. The molecule has 0 atom stereocenters. The van der Waals surface area contributed by atoms with Crippen LogP contribution in [0.2, 0.25) is 0 Å². The fraction of sp³-hybridized carbons (Fsp3) is 0.429. The first kappa shape index (κ1) is 13.3. The van der Waals surface area contributed by atoms with Gasteiger partial charge < -0.3 is 16.0 Å². The molecule has 1 amide bonds. The van der Waals surface area contributed by atoms with Gasteiger partial charge in [0.05, 0.1) is 5.69 Å². The van der Waals surface area contributed by atoms with Crippen molar-refractivity contribution in [3.8, 4) is 0 Å². The molecular weight excluding hydrogens is 272 g/mol. The number of carbonyl (C=O) groups excluding carboxylic acids is 1. The van der Waals surface area contributed by atoms with Crippen LogP contribution in [0.1, 0.15) is 22.5 Å². The van der Waals surface area contributed by atoms with E-state index in [0.717, 1.165) is 29.9 Å². The van der Waals surface area contributed by atoms with Crippen LogP contribution in [0.5, 0.6) is 0 Å². The summed E-state index contributed by atoms with van der Waals surface area (Å²) in [6.45, 7) is 3.87. The Morgan fingerprint density at radius 2 is 2.25 bits per heavy atom. The number of hydrogen-bond acceptors (Lipinski definition) is 5. The van der Waals surface area contributed by atoms with Crippen molar-refractivity contribution in [1.82, 2.24) is 15.2 Å². The molecule has 2 aromatic rings. The van der Waals surface area contributed by atoms with Crippen LogP contribution in [-0.2, 0) is 0 Å². The van der Waals surface area contributed by atoms with Crippen LogP contribution in [0, 0.1) is 0 Å². The van der Waals surface area contributed by atoms with E-state index in [2.05, 4.69) is 15.2 Å². The summed E-state index contributed by atoms with van der Waals surface area (Å²) >= 11 is 1.35. The lowest BCUT2D eigenvalue weighted by Crippen LogP contribution is -2.33. The van der Waals surface area contributed by atoms with Crippen molar-refractivity contribution in [2.45, 2.75) is 12.8 Å². The second-order valence-electron chi connectivity index (χ2n) is 5.01. The Morgan fingerprint density at radius 3 is 3.00 bits per heavy atom. The van der Waals surface area contributed by atoms with Crippen LogP contribution < -0.4 is 11.1 Å². The third kappa shape index (κ3) is 2.62. The van der Waals surface area contributed by atoms with Gasteiger partial charge in [-0.15, -0.1) is 11.3 Å². The second-order valence-corrected chi connectivity index (χ2v) is 6.00. The average molecular weight is 290 g/mol. The monoisotopic (exact) mass is 290 g/mol. The number of carbonyl (C=O) groups is 1. The summed E-state index contributed by atoms with van der Waals surface area (Å²) in [5, 5.41) is 3.81. The largest absolute Gasteiger partial charge is 0.397 e. The van der Waals surface area contributed by atoms with Crippen molar-refractivity contribution in [3.63, 3.8) is 0 Å². The van der Waals surface area contributed by atoms with Crippen molar-refractivity contribution in [2.24, 2.45) is 0 Å². The van der Waals surface area contributed by atoms with E-state index in [1.807, 2.05) is 12.1 Å². The van der Waals surface area contributed by atoms with Crippen molar-refractivity contribution >= 4 is 33.1 Å². The van der Waals surface area contributed by atoms with E-state index in [4.69, 9.17) is 5.73 Å². The number of fused-ring (bicyclic) bond motifs is 1. The molecule has 0 radical (unpaired) electrons. The Labute approximate surface area is 121 Å². The standard InChI is InChI=1S/C14H18N4OS/c15-11-10-4-3-5-17-14(10)20-12(11)13(19)16-6-9-18-7-1-2-8-18/h3-5H,1-2,6-9,15H2,(H,16,19). The minimum atomic E-state index is -0.0929. The molecule has 0 spiro atoms. The number of amides is 1. The third-order valence-corrected chi connectivity index (χ3v) is 4.75. The maximum absolute atomic E-state index is 12.2. The minimum Gasteiger partial charge on any atom is -0.397 e. The molecule has 3 N–H and O–H groups in total. The summed E-state index contributed by atoms with van der Waals surface area (Å²) in [7, 11) is 0. The number of rotatable bonds is 4. The zero-order valence-electron chi connectivity index (χ0n) is 11.3. The zero-order chi connectivity index (χ0) is 13.9. The van der Waals surface area contributed by atoms with Crippen molar-refractivity contribution in [1.29, 1.82) is 0 Å². The lowest BCUT2D eigenvalue weighted by molar-refractivity contribution is 0.0954. The number of aromatic nitrogens is 1. The Balaban J connectivity index is 1.64. The number of nitrogens with zero attached hydrogens (tertiary/aromatic N) is 2. The van der Waals surface area contributed by atoms with Crippen molar-refractivity contribution < 1.29 is 4.79 Å². The highest BCUT2D eigenvalue weighted by molar-refractivity contribution is 7.21. The normalized spacial score (nSPS) is 15.8. The van der Waals surface area contributed by atoms with Crippen LogP contribution in [-0.4, -0.2) is 42.0 Å². The molecule has 0 unspecified atom stereocenters. The van der Waals surface area contributed by atoms with Crippen LogP contribution in [0.15, 0.2) is 18.3 Å². The predicted molar refractivity (Wildman–Crippen MR) is 82.0 cm³/mol. The molecule has 20 heavy (non-hydrogen) atoms. The first-order valence-electron chi connectivity index (χ1n) is 6.89. The molecule has 2 aromatic heterocycles. The topological polar surface area (TPSA) is 71.2 Å². The molecule has 0 aromatic carbocycles. The van der Waals surface area contributed by atoms with Gasteiger partial charge in [0.2, 0.25) is 0 Å². The van der Waals surface area contributed by atoms with Gasteiger partial charge in [0.25, 0.3) is 5.91 Å². The molecule has 106 valence electrons. The minimum absolute atomic E-state index is 0.0929. The van der Waals surface area contributed by atoms with Gasteiger partial charge in [-0.1, -0.05) is 0 Å². The summed E-state index contributed by atoms with van der Waals surface area (Å²) in [6, 6.07) is 3.73. The quantitative estimate of drug-likeness (QED) is 0.899. The molecule has 0 bridgehead atoms. The van der Waals surface area contributed by atoms with Crippen LogP contribution in [0.4, 0.5) is 5.69 Å². The van der Waals surface area contributed by atoms with Crippen LogP contribution in [0.25, 0.3) is 10.2 Å². The molecule has 1 aliphatic rings. The molecule has 6 heteroatoms. The number of nitrogens with two attached hydrogens (primary N) is 1. The molecule has 1 fully saturated rings. The molecule has 1 aliphatic heterocycles. The van der Waals surface area contributed by atoms with Crippen molar-refractivity contribution in [2.75, 3.05) is 31.9 Å². The van der Waals surface area contributed by atoms with Gasteiger partial charge >= 0.3 is 0 Å². The summed E-state index contributed by atoms with van der Waals surface area (Å²) < 4.78 is 0. The highest BCUT2D eigenvalue weighted by Crippen LogP contribution is 2.31. The summed E-state index contributed by atoms with van der Waals surface area (Å²) in [6.07, 6.45) is 4.25. The molecule has 0 saturated carbocycles. The number of nitrogens with one attached hydrogen (secondary N) is 1. The number of anilines is 1. The Bertz CT molecular complexity index is 619. The number of thiophene rings is 1. The summed E-state index contributed by atoms with van der Waals surface area (Å²) in [5.74, 6) is -0.0929. The van der Waals surface area contributed by atoms with E-state index in [1.54, 1.807) is 6.20 Å². The zero-order valence-corrected chi connectivity index (χ0v) is 12.1. The predicted octanol–water partition coefficient (Wildman–Crippen LogP) is 1.70. The molecule has 1 saturated heterocycles. The maximum atomic E-state index is 12.2. The maximum Gasteiger partial charge on any atom is 0.263 e. The molecule has 3 rings (SSSR count). The number of pyridine rings is 1. The average Bonchev–Trinajstić information content (AvgIpc) is 3.08. The fourth-order valence-electron chi connectivity index (χ4n) is 2.53. The van der Waals surface area contributed by atoms with Crippen molar-refractivity contribution in [3.05, 3.63) is 23.2 Å². The van der Waals surface area contributed by atoms with Gasteiger partial charge in [0.1, 0.15) is 9.71 Å². The Morgan fingerprint density at radius 1 is 1.45 bits per heavy atom. The van der Waals surface area contributed by atoms with Gasteiger partial charge in [-0.2, -0.15) is 0 Å². The van der Waals surface area contributed by atoms with E-state index >= 15 is 0 Å². The molecule has 0 aliphatic carbocycles. The number of nitrogen functional groups attached to an aromatic ring is 1. The molecule has 5 nitrogen and oxygen atoms in total. The van der Waals surface area contributed by atoms with E-state index in [-0.39, 0.29) is 5.91 Å². The van der Waals surface area contributed by atoms with E-state index < -0.39 is 0 Å². The van der Waals surface area contributed by atoms with Gasteiger partial charge in [-0.05, 0) is 38.1 Å². The molecule has 3 heterocycles. The summed E-state index contributed by atoms with van der Waals surface area (Å²) in [5.41, 5.74) is 6.57. The van der Waals surface area contributed by atoms with Gasteiger partial charge in [-0.25, -0.2) is 4.98 Å². The fourth-order valence-corrected chi connectivity index (χ4v) is 3.51. The summed E-state index contributed by atoms with van der Waals surface area (Å²) in [4.78, 5) is 20.2. The Kier molecular flexibility index (Phi) is 3.84. The van der Waals surface area contributed by atoms with Gasteiger partial charge in [-0.3, -0.25) is 4.79 Å². The smallest absolute Gasteiger partial charge is 0.263 e. The first-order valence-corrected chi connectivity index (χ1v) is 7.71. The van der Waals surface area contributed by atoms with Gasteiger partial charge in [0.15, 0.2) is 0 Å². The second kappa shape index (κ2) is 5.76. The number of hydrogen-bond donors (Lipinski definition) is 2. The Hall–Kier alpha value is -1.66. The van der Waals surface area contributed by atoms with Crippen LogP contribution >= 0.6 is 11.3 Å².